The molecule has 5 nitrogen and oxygen atoms in total. The fourth-order valence-corrected chi connectivity index (χ4v) is 3.48. The van der Waals surface area contributed by atoms with Crippen molar-refractivity contribution in [3.8, 4) is 5.75 Å². The van der Waals surface area contributed by atoms with Gasteiger partial charge in [0.2, 0.25) is 0 Å². The Morgan fingerprint density at radius 3 is 2.38 bits per heavy atom. The summed E-state index contributed by atoms with van der Waals surface area (Å²) in [5, 5.41) is 28.1. The van der Waals surface area contributed by atoms with Crippen LogP contribution in [-0.4, -0.2) is 55.2 Å². The van der Waals surface area contributed by atoms with Crippen LogP contribution in [-0.2, 0) is 10.2 Å². The largest absolute Gasteiger partial charge is 0.491 e. The number of hydrogen-bond donors (Lipinski definition) is 3. The maximum absolute atomic E-state index is 9.65. The predicted molar refractivity (Wildman–Crippen MR) is 118 cm³/mol. The van der Waals surface area contributed by atoms with Crippen LogP contribution in [0.15, 0.2) is 48.3 Å². The first-order valence-electron chi connectivity index (χ1n) is 10.5. The molecule has 0 aromatic heterocycles. The lowest BCUT2D eigenvalue weighted by Gasteiger charge is -2.34. The molecule has 29 heavy (non-hydrogen) atoms. The van der Waals surface area contributed by atoms with E-state index in [1.54, 1.807) is 0 Å². The summed E-state index contributed by atoms with van der Waals surface area (Å²) < 4.78 is 11.3. The van der Waals surface area contributed by atoms with Crippen LogP contribution in [0, 0.1) is 11.8 Å². The molecule has 6 heteroatoms. The van der Waals surface area contributed by atoms with Gasteiger partial charge in [-0.2, -0.15) is 0 Å². The summed E-state index contributed by atoms with van der Waals surface area (Å²) >= 11 is 0. The van der Waals surface area contributed by atoms with E-state index in [4.69, 9.17) is 14.6 Å². The Labute approximate surface area is 175 Å². The minimum absolute atomic E-state index is 0.0832. The van der Waals surface area contributed by atoms with Crippen LogP contribution >= 0.6 is 0 Å². The first kappa shape index (κ1) is 23.5. The number of aliphatic hydroxyl groups is 3. The average Bonchev–Trinajstić information content (AvgIpc) is 2.92. The van der Waals surface area contributed by atoms with Crippen molar-refractivity contribution in [2.45, 2.75) is 51.1 Å². The van der Waals surface area contributed by atoms with E-state index in [-0.39, 0.29) is 18.6 Å². The summed E-state index contributed by atoms with van der Waals surface area (Å²) in [5.41, 5.74) is 1.14. The summed E-state index contributed by atoms with van der Waals surface area (Å²) in [4.78, 5) is 0. The van der Waals surface area contributed by atoms with Crippen molar-refractivity contribution in [3.05, 3.63) is 53.8 Å². The van der Waals surface area contributed by atoms with Gasteiger partial charge >= 0.3 is 0 Å². The fourth-order valence-electron chi connectivity index (χ4n) is 3.48. The maximum atomic E-state index is 9.65. The molecule has 160 valence electrons. The minimum atomic E-state index is -0.866. The second-order valence-electron chi connectivity index (χ2n) is 8.51. The van der Waals surface area contributed by atoms with Gasteiger partial charge in [-0.15, -0.1) is 0 Å². The van der Waals surface area contributed by atoms with Gasteiger partial charge in [-0.1, -0.05) is 45.3 Å². The molecule has 2 rings (SSSR count). The Balaban J connectivity index is 2.06. The van der Waals surface area contributed by atoms with Crippen molar-refractivity contribution in [1.82, 2.24) is 0 Å². The summed E-state index contributed by atoms with van der Waals surface area (Å²) in [6.07, 6.45) is 6.59. The Morgan fingerprint density at radius 2 is 1.76 bits per heavy atom. The van der Waals surface area contributed by atoms with Gasteiger partial charge in [-0.05, 0) is 53.5 Å². The molecule has 0 heterocycles. The molecule has 4 atom stereocenters. The lowest BCUT2D eigenvalue weighted by Crippen LogP contribution is -2.28. The van der Waals surface area contributed by atoms with Crippen molar-refractivity contribution >= 4 is 7.85 Å². The second-order valence-corrected chi connectivity index (χ2v) is 8.51. The first-order chi connectivity index (χ1) is 13.8. The summed E-state index contributed by atoms with van der Waals surface area (Å²) in [5.74, 6) is 2.14. The number of benzene rings is 1. The highest BCUT2D eigenvalue weighted by atomic mass is 16.5. The standard InChI is InChI=1S/C23H35BO5/c1-16-10-18(6-9-22(11-16)29-15-20(27)13-25)23(2,3)17-4-7-21(8-5-17)28-14-19(26)12-24/h4-9,11,16,18-20,25-27H,10,12-15,24H2,1-3H3. The topological polar surface area (TPSA) is 79.2 Å². The molecule has 1 aromatic rings. The van der Waals surface area contributed by atoms with E-state index in [1.165, 1.54) is 5.56 Å². The lowest BCUT2D eigenvalue weighted by atomic mass is 9.70. The SMILES string of the molecule is BCC(O)COc1ccc(C(C)(C)C2C=CC(OCC(O)CO)=CC(C)C2)cc1. The number of hydrogen-bond acceptors (Lipinski definition) is 5. The molecule has 0 aliphatic heterocycles. The van der Waals surface area contributed by atoms with Crippen molar-refractivity contribution in [3.63, 3.8) is 0 Å². The Hall–Kier alpha value is -1.76. The molecule has 0 radical (unpaired) electrons. The molecule has 0 saturated heterocycles. The highest BCUT2D eigenvalue weighted by Gasteiger charge is 2.31. The zero-order valence-corrected chi connectivity index (χ0v) is 18.0. The second kappa shape index (κ2) is 10.9. The average molecular weight is 402 g/mol. The maximum Gasteiger partial charge on any atom is 0.119 e. The van der Waals surface area contributed by atoms with E-state index in [9.17, 15) is 10.2 Å². The van der Waals surface area contributed by atoms with E-state index in [0.29, 0.717) is 24.8 Å². The lowest BCUT2D eigenvalue weighted by molar-refractivity contribution is 0.0326. The van der Waals surface area contributed by atoms with E-state index >= 15 is 0 Å². The number of ether oxygens (including phenoxy) is 2. The zero-order valence-electron chi connectivity index (χ0n) is 18.0. The van der Waals surface area contributed by atoms with Crippen molar-refractivity contribution in [2.75, 3.05) is 19.8 Å². The van der Waals surface area contributed by atoms with Gasteiger partial charge in [0.1, 0.15) is 38.7 Å². The van der Waals surface area contributed by atoms with Crippen LogP contribution in [0.25, 0.3) is 0 Å². The van der Waals surface area contributed by atoms with Crippen molar-refractivity contribution in [1.29, 1.82) is 0 Å². The van der Waals surface area contributed by atoms with Gasteiger partial charge in [-0.3, -0.25) is 0 Å². The number of aliphatic hydroxyl groups excluding tert-OH is 3. The van der Waals surface area contributed by atoms with E-state index in [0.717, 1.165) is 17.9 Å². The molecule has 4 unspecified atom stereocenters. The van der Waals surface area contributed by atoms with Crippen LogP contribution in [0.4, 0.5) is 0 Å². The summed E-state index contributed by atoms with van der Waals surface area (Å²) in [7, 11) is 1.93. The summed E-state index contributed by atoms with van der Waals surface area (Å²) in [6.45, 7) is 6.74. The molecule has 1 aliphatic carbocycles. The van der Waals surface area contributed by atoms with Gasteiger partial charge in [-0.25, -0.2) is 0 Å². The Kier molecular flexibility index (Phi) is 8.81. The van der Waals surface area contributed by atoms with Crippen LogP contribution < -0.4 is 4.74 Å². The molecular weight excluding hydrogens is 367 g/mol. The molecule has 0 spiro atoms. The normalized spacial score (nSPS) is 21.8. The van der Waals surface area contributed by atoms with Crippen LogP contribution in [0.1, 0.15) is 32.8 Å². The van der Waals surface area contributed by atoms with E-state index in [1.807, 2.05) is 26.1 Å². The third kappa shape index (κ3) is 6.91. The van der Waals surface area contributed by atoms with Crippen LogP contribution in [0.3, 0.4) is 0 Å². The van der Waals surface area contributed by atoms with Gasteiger partial charge in [0.05, 0.1) is 12.7 Å². The highest BCUT2D eigenvalue weighted by Crippen LogP contribution is 2.39. The number of allylic oxidation sites excluding steroid dienone is 3. The molecule has 0 bridgehead atoms. The molecule has 1 aliphatic rings. The molecule has 0 saturated carbocycles. The Morgan fingerprint density at radius 1 is 1.10 bits per heavy atom. The van der Waals surface area contributed by atoms with E-state index in [2.05, 4.69) is 45.1 Å². The predicted octanol–water partition coefficient (Wildman–Crippen LogP) is 2.22. The molecule has 0 amide bonds. The van der Waals surface area contributed by atoms with Crippen LogP contribution in [0.5, 0.6) is 5.75 Å². The Bertz CT molecular complexity index is 683. The van der Waals surface area contributed by atoms with E-state index < -0.39 is 12.2 Å². The molecule has 0 fully saturated rings. The zero-order chi connectivity index (χ0) is 21.4. The first-order valence-corrected chi connectivity index (χ1v) is 10.5. The fraction of sp³-hybridized carbons (Fsp3) is 0.565. The van der Waals surface area contributed by atoms with Gasteiger partial charge in [0, 0.05) is 0 Å². The molecule has 3 N–H and O–H groups in total. The molecule has 1 aromatic carbocycles. The quantitative estimate of drug-likeness (QED) is 0.523. The van der Waals surface area contributed by atoms with Gasteiger partial charge in [0.25, 0.3) is 0 Å². The summed E-state index contributed by atoms with van der Waals surface area (Å²) in [6, 6.07) is 8.12. The van der Waals surface area contributed by atoms with Gasteiger partial charge in [0.15, 0.2) is 0 Å². The number of rotatable bonds is 10. The van der Waals surface area contributed by atoms with Crippen LogP contribution in [0.2, 0.25) is 6.32 Å². The minimum Gasteiger partial charge on any atom is -0.491 e. The van der Waals surface area contributed by atoms with Crippen molar-refractivity contribution in [2.24, 2.45) is 11.8 Å². The molecular formula is C23H35BO5. The van der Waals surface area contributed by atoms with Gasteiger partial charge < -0.3 is 24.8 Å². The highest BCUT2D eigenvalue weighted by molar-refractivity contribution is 6.08. The third-order valence-electron chi connectivity index (χ3n) is 5.66. The smallest absolute Gasteiger partial charge is 0.119 e. The third-order valence-corrected chi connectivity index (χ3v) is 5.66. The van der Waals surface area contributed by atoms with Crippen molar-refractivity contribution < 1.29 is 24.8 Å². The monoisotopic (exact) mass is 402 g/mol.